The predicted octanol–water partition coefficient (Wildman–Crippen LogP) is -0.944. The molecular formula is C16H28N4O5. The molecule has 1 aliphatic rings. The van der Waals surface area contributed by atoms with Crippen molar-refractivity contribution in [3.63, 3.8) is 0 Å². The first-order valence-corrected chi connectivity index (χ1v) is 8.55. The fourth-order valence-electron chi connectivity index (χ4n) is 2.79. The van der Waals surface area contributed by atoms with E-state index < -0.39 is 41.8 Å². The molecule has 1 rings (SSSR count). The smallest absolute Gasteiger partial charge is 0.326 e. The van der Waals surface area contributed by atoms with Crippen molar-refractivity contribution in [1.82, 2.24) is 15.5 Å². The molecule has 9 heteroatoms. The van der Waals surface area contributed by atoms with E-state index in [0.717, 1.165) is 0 Å². The Hall–Kier alpha value is -2.16. The average Bonchev–Trinajstić information content (AvgIpc) is 3.07. The van der Waals surface area contributed by atoms with Crippen LogP contribution in [0, 0.1) is 5.92 Å². The Balaban J connectivity index is 2.86. The number of nitrogens with two attached hydrogens (primary N) is 1. The summed E-state index contributed by atoms with van der Waals surface area (Å²) in [5.74, 6) is -2.59. The van der Waals surface area contributed by atoms with Gasteiger partial charge in [0.15, 0.2) is 0 Å². The quantitative estimate of drug-likeness (QED) is 0.442. The third-order valence-electron chi connectivity index (χ3n) is 4.55. The second kappa shape index (κ2) is 9.36. The molecule has 0 radical (unpaired) electrons. The summed E-state index contributed by atoms with van der Waals surface area (Å²) < 4.78 is 0. The highest BCUT2D eigenvalue weighted by Gasteiger charge is 2.39. The largest absolute Gasteiger partial charge is 0.480 e. The summed E-state index contributed by atoms with van der Waals surface area (Å²) in [6.45, 7) is 5.32. The van der Waals surface area contributed by atoms with Gasteiger partial charge in [0, 0.05) is 6.54 Å². The van der Waals surface area contributed by atoms with Crippen molar-refractivity contribution in [2.75, 3.05) is 13.1 Å². The van der Waals surface area contributed by atoms with Crippen molar-refractivity contribution in [1.29, 1.82) is 0 Å². The molecular weight excluding hydrogens is 328 g/mol. The fraction of sp³-hybridized carbons (Fsp3) is 0.750. The van der Waals surface area contributed by atoms with E-state index in [1.54, 1.807) is 0 Å². The van der Waals surface area contributed by atoms with Crippen LogP contribution < -0.4 is 16.4 Å². The zero-order valence-corrected chi connectivity index (χ0v) is 14.9. The average molecular weight is 356 g/mol. The number of hydrogen-bond acceptors (Lipinski definition) is 5. The van der Waals surface area contributed by atoms with Crippen LogP contribution in [0.1, 0.15) is 40.0 Å². The highest BCUT2D eigenvalue weighted by molar-refractivity contribution is 5.93. The standard InChI is InChI=1S/C16H28N4O5/c1-4-9(2)13(19-14(22)10(3)18-12(21)8-17)15(23)20-7-5-6-11(20)16(24)25/h9-11,13H,4-8,17H2,1-3H3,(H,18,21)(H,19,22)(H,24,25). The van der Waals surface area contributed by atoms with Gasteiger partial charge in [0.05, 0.1) is 6.54 Å². The number of aliphatic carboxylic acids is 1. The number of nitrogens with one attached hydrogen (secondary N) is 2. The van der Waals surface area contributed by atoms with Crippen LogP contribution in [0.2, 0.25) is 0 Å². The van der Waals surface area contributed by atoms with Crippen LogP contribution in [0.4, 0.5) is 0 Å². The van der Waals surface area contributed by atoms with Crippen LogP contribution in [0.25, 0.3) is 0 Å². The van der Waals surface area contributed by atoms with Crippen LogP contribution in [0.15, 0.2) is 0 Å². The summed E-state index contributed by atoms with van der Waals surface area (Å²) in [6, 6.07) is -2.54. The van der Waals surface area contributed by atoms with Crippen LogP contribution in [0.5, 0.6) is 0 Å². The van der Waals surface area contributed by atoms with Gasteiger partial charge in [-0.25, -0.2) is 4.79 Å². The number of carbonyl (C=O) groups is 4. The summed E-state index contributed by atoms with van der Waals surface area (Å²) in [7, 11) is 0. The Bertz CT molecular complexity index is 525. The lowest BCUT2D eigenvalue weighted by Gasteiger charge is -2.31. The molecule has 0 aromatic rings. The molecule has 142 valence electrons. The van der Waals surface area contributed by atoms with Gasteiger partial charge < -0.3 is 26.4 Å². The summed E-state index contributed by atoms with van der Waals surface area (Å²) in [5, 5.41) is 14.4. The van der Waals surface area contributed by atoms with E-state index in [4.69, 9.17) is 5.73 Å². The van der Waals surface area contributed by atoms with E-state index in [2.05, 4.69) is 10.6 Å². The molecule has 0 aromatic heterocycles. The highest BCUT2D eigenvalue weighted by Crippen LogP contribution is 2.21. The van der Waals surface area contributed by atoms with Gasteiger partial charge in [0.25, 0.3) is 0 Å². The van der Waals surface area contributed by atoms with Crippen LogP contribution in [-0.2, 0) is 19.2 Å². The van der Waals surface area contributed by atoms with E-state index in [-0.39, 0.29) is 12.5 Å². The lowest BCUT2D eigenvalue weighted by Crippen LogP contribution is -2.57. The minimum absolute atomic E-state index is 0.177. The highest BCUT2D eigenvalue weighted by atomic mass is 16.4. The Kier molecular flexibility index (Phi) is 7.82. The monoisotopic (exact) mass is 356 g/mol. The number of amides is 3. The van der Waals surface area contributed by atoms with Crippen molar-refractivity contribution in [3.05, 3.63) is 0 Å². The van der Waals surface area contributed by atoms with Crippen LogP contribution >= 0.6 is 0 Å². The summed E-state index contributed by atoms with van der Waals surface area (Å²) >= 11 is 0. The van der Waals surface area contributed by atoms with Gasteiger partial charge >= 0.3 is 5.97 Å². The molecule has 1 aliphatic heterocycles. The van der Waals surface area contributed by atoms with Gasteiger partial charge in [-0.1, -0.05) is 20.3 Å². The first kappa shape index (κ1) is 20.9. The molecule has 25 heavy (non-hydrogen) atoms. The van der Waals surface area contributed by atoms with Crippen molar-refractivity contribution >= 4 is 23.7 Å². The third kappa shape index (κ3) is 5.42. The Morgan fingerprint density at radius 1 is 1.24 bits per heavy atom. The van der Waals surface area contributed by atoms with Crippen molar-refractivity contribution in [2.45, 2.75) is 58.2 Å². The number of likely N-dealkylation sites (tertiary alicyclic amines) is 1. The lowest BCUT2D eigenvalue weighted by atomic mass is 9.97. The molecule has 4 unspecified atom stereocenters. The number of carboxylic acid groups (broad SMARTS) is 1. The normalized spacial score (nSPS) is 20.5. The van der Waals surface area contributed by atoms with Gasteiger partial charge in [-0.05, 0) is 25.7 Å². The minimum Gasteiger partial charge on any atom is -0.480 e. The van der Waals surface area contributed by atoms with Crippen LogP contribution in [-0.4, -0.2) is 64.9 Å². The molecule has 4 atom stereocenters. The zero-order valence-electron chi connectivity index (χ0n) is 14.9. The predicted molar refractivity (Wildman–Crippen MR) is 90.4 cm³/mol. The number of carboxylic acids is 1. The number of nitrogens with zero attached hydrogens (tertiary/aromatic N) is 1. The van der Waals surface area contributed by atoms with Gasteiger partial charge in [-0.2, -0.15) is 0 Å². The van der Waals surface area contributed by atoms with E-state index in [0.29, 0.717) is 25.8 Å². The number of rotatable bonds is 8. The molecule has 5 N–H and O–H groups in total. The molecule has 1 saturated heterocycles. The Morgan fingerprint density at radius 3 is 2.40 bits per heavy atom. The fourth-order valence-corrected chi connectivity index (χ4v) is 2.79. The van der Waals surface area contributed by atoms with Crippen molar-refractivity contribution in [3.8, 4) is 0 Å². The van der Waals surface area contributed by atoms with Gasteiger partial charge in [0.2, 0.25) is 17.7 Å². The molecule has 0 spiro atoms. The zero-order chi connectivity index (χ0) is 19.1. The second-order valence-corrected chi connectivity index (χ2v) is 6.39. The van der Waals surface area contributed by atoms with Gasteiger partial charge in [-0.3, -0.25) is 14.4 Å². The van der Waals surface area contributed by atoms with E-state index >= 15 is 0 Å². The summed E-state index contributed by atoms with van der Waals surface area (Å²) in [6.07, 6.45) is 1.66. The van der Waals surface area contributed by atoms with Crippen LogP contribution in [0.3, 0.4) is 0 Å². The minimum atomic E-state index is -1.04. The van der Waals surface area contributed by atoms with Crippen molar-refractivity contribution < 1.29 is 24.3 Å². The van der Waals surface area contributed by atoms with E-state index in [9.17, 15) is 24.3 Å². The number of carbonyl (C=O) groups excluding carboxylic acids is 3. The van der Waals surface area contributed by atoms with Crippen molar-refractivity contribution in [2.24, 2.45) is 11.7 Å². The van der Waals surface area contributed by atoms with E-state index in [1.807, 2.05) is 13.8 Å². The maximum Gasteiger partial charge on any atom is 0.326 e. The molecule has 0 bridgehead atoms. The Morgan fingerprint density at radius 2 is 1.88 bits per heavy atom. The molecule has 3 amide bonds. The lowest BCUT2D eigenvalue weighted by molar-refractivity contribution is -0.150. The summed E-state index contributed by atoms with van der Waals surface area (Å²) in [5.41, 5.74) is 5.21. The topological polar surface area (TPSA) is 142 Å². The molecule has 0 aliphatic carbocycles. The third-order valence-corrected chi connectivity index (χ3v) is 4.55. The summed E-state index contributed by atoms with van der Waals surface area (Å²) in [4.78, 5) is 49.1. The van der Waals surface area contributed by atoms with Gasteiger partial charge in [-0.15, -0.1) is 0 Å². The first-order valence-electron chi connectivity index (χ1n) is 8.55. The first-order chi connectivity index (χ1) is 11.7. The maximum atomic E-state index is 12.8. The molecule has 0 saturated carbocycles. The molecule has 0 aromatic carbocycles. The maximum absolute atomic E-state index is 12.8. The second-order valence-electron chi connectivity index (χ2n) is 6.39. The molecule has 9 nitrogen and oxygen atoms in total. The SMILES string of the molecule is CCC(C)C(NC(=O)C(C)NC(=O)CN)C(=O)N1CCCC1C(=O)O. The Labute approximate surface area is 147 Å². The molecule has 1 heterocycles. The van der Waals surface area contributed by atoms with E-state index in [1.165, 1.54) is 11.8 Å². The van der Waals surface area contributed by atoms with Gasteiger partial charge in [0.1, 0.15) is 18.1 Å². The molecule has 1 fully saturated rings. The number of hydrogen-bond donors (Lipinski definition) is 4.